The lowest BCUT2D eigenvalue weighted by Gasteiger charge is -2.29. The first kappa shape index (κ1) is 26.4. The zero-order valence-corrected chi connectivity index (χ0v) is 23.8. The van der Waals surface area contributed by atoms with Crippen LogP contribution in [0.5, 0.6) is 0 Å². The van der Waals surface area contributed by atoms with E-state index < -0.39 is 0 Å². The summed E-state index contributed by atoms with van der Waals surface area (Å²) in [7, 11) is 4.37. The van der Waals surface area contributed by atoms with Crippen LogP contribution in [0.25, 0.3) is 27.8 Å². The van der Waals surface area contributed by atoms with Crippen LogP contribution in [0.15, 0.2) is 152 Å². The van der Waals surface area contributed by atoms with Gasteiger partial charge >= 0.3 is 0 Å². The third-order valence-electron chi connectivity index (χ3n) is 8.13. The molecule has 0 aromatic heterocycles. The van der Waals surface area contributed by atoms with Crippen molar-refractivity contribution in [1.82, 2.24) is 0 Å². The number of anilines is 3. The molecule has 0 spiro atoms. The fourth-order valence-electron chi connectivity index (χ4n) is 5.79. The first-order valence-corrected chi connectivity index (χ1v) is 14.4. The van der Waals surface area contributed by atoms with Crippen molar-refractivity contribution in [2.45, 2.75) is 18.9 Å². The predicted molar refractivity (Wildman–Crippen MR) is 177 cm³/mol. The Morgan fingerprint density at radius 1 is 0.537 bits per heavy atom. The highest BCUT2D eigenvalue weighted by Gasteiger charge is 2.18. The van der Waals surface area contributed by atoms with Crippen LogP contribution in [-0.2, 0) is 0 Å². The van der Waals surface area contributed by atoms with Gasteiger partial charge in [0.05, 0.1) is 0 Å². The van der Waals surface area contributed by atoms with E-state index in [2.05, 4.69) is 176 Å². The van der Waals surface area contributed by atoms with Crippen LogP contribution in [0.4, 0.5) is 17.1 Å². The lowest BCUT2D eigenvalue weighted by Crippen LogP contribution is -2.29. The summed E-state index contributed by atoms with van der Waals surface area (Å²) in [5, 5.41) is 0. The van der Waals surface area contributed by atoms with Gasteiger partial charge in [0, 0.05) is 48.3 Å². The molecule has 0 aliphatic heterocycles. The number of hydrogen-bond acceptors (Lipinski definition) is 2. The van der Waals surface area contributed by atoms with Crippen molar-refractivity contribution in [3.05, 3.63) is 157 Å². The second-order valence-electron chi connectivity index (χ2n) is 10.6. The Hall–Kier alpha value is -4.82. The third kappa shape index (κ3) is 5.73. The van der Waals surface area contributed by atoms with Gasteiger partial charge in [-0.15, -0.1) is 0 Å². The normalized spacial score (nSPS) is 14.7. The Morgan fingerprint density at radius 2 is 1.07 bits per heavy atom. The fourth-order valence-corrected chi connectivity index (χ4v) is 5.79. The zero-order chi connectivity index (χ0) is 28.0. The number of para-hydroxylation sites is 2. The van der Waals surface area contributed by atoms with Gasteiger partial charge in [-0.1, -0.05) is 127 Å². The van der Waals surface area contributed by atoms with Crippen LogP contribution >= 0.6 is 0 Å². The molecule has 2 nitrogen and oxygen atoms in total. The summed E-state index contributed by atoms with van der Waals surface area (Å²) in [6, 6.07) is 47.9. The van der Waals surface area contributed by atoms with Gasteiger partial charge in [-0.2, -0.15) is 0 Å². The van der Waals surface area contributed by atoms with Crippen LogP contribution in [0, 0.1) is 0 Å². The van der Waals surface area contributed by atoms with Crippen molar-refractivity contribution in [1.29, 1.82) is 0 Å². The number of likely N-dealkylation sites (N-methyl/N-ethyl adjacent to an activating group) is 1. The second kappa shape index (κ2) is 12.1. The molecule has 1 unspecified atom stereocenters. The standard InChI is InChI=1S/C39H36N2/c1-40(38-22-11-9-20-36(38)32-14-5-3-6-15-32)34-19-13-18-30(24-27-34)31-25-28-35(29-26-31)41(2)39-23-12-10-21-37(39)33-16-7-4-8-17-33/h3-12,14-18,20-29,34H,13,19H2,1-2H3. The minimum Gasteiger partial charge on any atom is -0.368 e. The quantitative estimate of drug-likeness (QED) is 0.206. The number of nitrogens with zero attached hydrogens (tertiary/aromatic N) is 2. The maximum atomic E-state index is 2.43. The number of rotatable bonds is 7. The van der Waals surface area contributed by atoms with Gasteiger partial charge in [0.1, 0.15) is 0 Å². The summed E-state index contributed by atoms with van der Waals surface area (Å²) in [6.45, 7) is 0. The smallest absolute Gasteiger partial charge is 0.0487 e. The Labute approximate surface area is 244 Å². The minimum absolute atomic E-state index is 0.327. The summed E-state index contributed by atoms with van der Waals surface area (Å²) in [5.41, 5.74) is 11.2. The molecule has 0 bridgehead atoms. The summed E-state index contributed by atoms with van der Waals surface area (Å²) in [4.78, 5) is 4.70. The summed E-state index contributed by atoms with van der Waals surface area (Å²) in [6.07, 6.45) is 9.18. The molecule has 6 rings (SSSR count). The van der Waals surface area contributed by atoms with Crippen molar-refractivity contribution in [3.63, 3.8) is 0 Å². The maximum absolute atomic E-state index is 2.43. The van der Waals surface area contributed by atoms with E-state index >= 15 is 0 Å². The number of hydrogen-bond donors (Lipinski definition) is 0. The van der Waals surface area contributed by atoms with E-state index in [1.165, 1.54) is 50.5 Å². The zero-order valence-electron chi connectivity index (χ0n) is 23.8. The van der Waals surface area contributed by atoms with E-state index in [1.54, 1.807) is 0 Å². The Morgan fingerprint density at radius 3 is 1.71 bits per heavy atom. The maximum Gasteiger partial charge on any atom is 0.0487 e. The molecule has 0 saturated heterocycles. The Bertz CT molecular complexity index is 1650. The first-order chi connectivity index (χ1) is 20.2. The van der Waals surface area contributed by atoms with Crippen molar-refractivity contribution in [3.8, 4) is 22.3 Å². The van der Waals surface area contributed by atoms with Crippen molar-refractivity contribution in [2.75, 3.05) is 23.9 Å². The molecule has 0 N–H and O–H groups in total. The SMILES string of the molecule is CN(c1ccc(C2=CCCC(N(C)c3ccccc3-c3ccccc3)C=C2)cc1)c1ccccc1-c1ccccc1. The summed E-state index contributed by atoms with van der Waals surface area (Å²) >= 11 is 0. The lowest BCUT2D eigenvalue weighted by molar-refractivity contribution is 0.691. The largest absolute Gasteiger partial charge is 0.368 e. The van der Waals surface area contributed by atoms with E-state index in [1.807, 2.05) is 0 Å². The molecule has 1 aliphatic rings. The van der Waals surface area contributed by atoms with Crippen LogP contribution in [0.1, 0.15) is 18.4 Å². The molecule has 2 heteroatoms. The fraction of sp³-hybridized carbons (Fsp3) is 0.128. The van der Waals surface area contributed by atoms with Gasteiger partial charge in [-0.25, -0.2) is 0 Å². The van der Waals surface area contributed by atoms with E-state index in [9.17, 15) is 0 Å². The van der Waals surface area contributed by atoms with Crippen LogP contribution in [-0.4, -0.2) is 20.1 Å². The first-order valence-electron chi connectivity index (χ1n) is 14.4. The summed E-state index contributed by atoms with van der Waals surface area (Å²) in [5.74, 6) is 0. The Kier molecular flexibility index (Phi) is 7.82. The van der Waals surface area contributed by atoms with Crippen LogP contribution < -0.4 is 9.80 Å². The molecular formula is C39H36N2. The van der Waals surface area contributed by atoms with E-state index in [0.29, 0.717) is 6.04 Å². The minimum atomic E-state index is 0.327. The molecule has 1 aliphatic carbocycles. The van der Waals surface area contributed by atoms with Gasteiger partial charge in [-0.3, -0.25) is 0 Å². The summed E-state index contributed by atoms with van der Waals surface area (Å²) < 4.78 is 0. The molecule has 0 radical (unpaired) electrons. The van der Waals surface area contributed by atoms with Gasteiger partial charge in [-0.05, 0) is 59.4 Å². The molecular weight excluding hydrogens is 496 g/mol. The van der Waals surface area contributed by atoms with Gasteiger partial charge in [0.25, 0.3) is 0 Å². The van der Waals surface area contributed by atoms with Crippen molar-refractivity contribution >= 4 is 22.6 Å². The van der Waals surface area contributed by atoms with Crippen LogP contribution in [0.3, 0.4) is 0 Å². The molecule has 1 atom stereocenters. The van der Waals surface area contributed by atoms with E-state index in [4.69, 9.17) is 0 Å². The van der Waals surface area contributed by atoms with Crippen LogP contribution in [0.2, 0.25) is 0 Å². The van der Waals surface area contributed by atoms with Crippen molar-refractivity contribution < 1.29 is 0 Å². The number of benzene rings is 5. The molecule has 5 aromatic carbocycles. The predicted octanol–water partition coefficient (Wildman–Crippen LogP) is 10.0. The van der Waals surface area contributed by atoms with Crippen molar-refractivity contribution in [2.24, 2.45) is 0 Å². The molecule has 0 amide bonds. The second-order valence-corrected chi connectivity index (χ2v) is 10.6. The molecule has 41 heavy (non-hydrogen) atoms. The average molecular weight is 533 g/mol. The third-order valence-corrected chi connectivity index (χ3v) is 8.13. The highest BCUT2D eigenvalue weighted by Crippen LogP contribution is 2.36. The average Bonchev–Trinajstić information content (AvgIpc) is 3.32. The molecule has 202 valence electrons. The van der Waals surface area contributed by atoms with Gasteiger partial charge in [0.2, 0.25) is 0 Å². The van der Waals surface area contributed by atoms with E-state index in [0.717, 1.165) is 12.8 Å². The topological polar surface area (TPSA) is 6.48 Å². The molecule has 0 saturated carbocycles. The van der Waals surface area contributed by atoms with E-state index in [-0.39, 0.29) is 0 Å². The monoisotopic (exact) mass is 532 g/mol. The molecule has 5 aromatic rings. The highest BCUT2D eigenvalue weighted by atomic mass is 15.1. The highest BCUT2D eigenvalue weighted by molar-refractivity contribution is 5.83. The van der Waals surface area contributed by atoms with Gasteiger partial charge < -0.3 is 9.80 Å². The molecule has 0 fully saturated rings. The van der Waals surface area contributed by atoms with Gasteiger partial charge in [0.15, 0.2) is 0 Å². The Balaban J connectivity index is 1.20. The molecule has 0 heterocycles. The lowest BCUT2D eigenvalue weighted by atomic mass is 10.0. The number of allylic oxidation sites excluding steroid dienone is 3.